The highest BCUT2D eigenvalue weighted by atomic mass is 16.5. The van der Waals surface area contributed by atoms with Gasteiger partial charge in [0.05, 0.1) is 24.6 Å². The lowest BCUT2D eigenvalue weighted by Gasteiger charge is -2.25. The van der Waals surface area contributed by atoms with Gasteiger partial charge in [0, 0.05) is 46.0 Å². The zero-order valence-corrected chi connectivity index (χ0v) is 14.9. The average molecular weight is 350 g/mol. The first-order valence-electron chi connectivity index (χ1n) is 8.55. The van der Waals surface area contributed by atoms with Crippen LogP contribution in [0, 0.1) is 6.92 Å². The number of methoxy groups -OCH3 is 1. The topological polar surface area (TPSA) is 93.7 Å². The fraction of sp³-hybridized carbons (Fsp3) is 0.647. The van der Waals surface area contributed by atoms with Gasteiger partial charge in [-0.3, -0.25) is 14.6 Å². The smallest absolute Gasteiger partial charge is 0.274 e. The molecule has 138 valence electrons. The molecule has 2 rings (SSSR count). The van der Waals surface area contributed by atoms with Crippen molar-refractivity contribution >= 4 is 11.8 Å². The number of amides is 2. The molecule has 2 amide bonds. The lowest BCUT2D eigenvalue weighted by molar-refractivity contribution is -0.121. The Balaban J connectivity index is 1.95. The van der Waals surface area contributed by atoms with Crippen LogP contribution in [-0.4, -0.2) is 72.7 Å². The third kappa shape index (κ3) is 6.39. The summed E-state index contributed by atoms with van der Waals surface area (Å²) in [5.41, 5.74) is 1.03. The standard InChI is InChI=1S/C17H26N4O4/c1-13-10-20-15(11-19-13)17(23)21(12-14-4-3-8-25-14)7-5-16(22)18-6-9-24-2/h10-11,14H,3-9,12H2,1-2H3,(H,18,22). The Labute approximate surface area is 147 Å². The van der Waals surface area contributed by atoms with Gasteiger partial charge in [0.2, 0.25) is 5.91 Å². The van der Waals surface area contributed by atoms with E-state index >= 15 is 0 Å². The summed E-state index contributed by atoms with van der Waals surface area (Å²) in [5.74, 6) is -0.343. The molecule has 1 saturated heterocycles. The van der Waals surface area contributed by atoms with Gasteiger partial charge in [-0.2, -0.15) is 0 Å². The molecule has 1 aliphatic rings. The van der Waals surface area contributed by atoms with Crippen molar-refractivity contribution in [3.05, 3.63) is 23.8 Å². The molecule has 0 bridgehead atoms. The van der Waals surface area contributed by atoms with Gasteiger partial charge in [-0.05, 0) is 19.8 Å². The van der Waals surface area contributed by atoms with E-state index < -0.39 is 0 Å². The van der Waals surface area contributed by atoms with Crippen LogP contribution in [0.3, 0.4) is 0 Å². The fourth-order valence-corrected chi connectivity index (χ4v) is 2.59. The molecule has 0 saturated carbocycles. The summed E-state index contributed by atoms with van der Waals surface area (Å²) >= 11 is 0. The van der Waals surface area contributed by atoms with E-state index in [4.69, 9.17) is 9.47 Å². The minimum atomic E-state index is -0.229. The number of hydrogen-bond acceptors (Lipinski definition) is 6. The first-order valence-corrected chi connectivity index (χ1v) is 8.55. The van der Waals surface area contributed by atoms with Gasteiger partial charge in [-0.25, -0.2) is 4.98 Å². The van der Waals surface area contributed by atoms with Crippen LogP contribution >= 0.6 is 0 Å². The highest BCUT2D eigenvalue weighted by Crippen LogP contribution is 2.15. The van der Waals surface area contributed by atoms with Crippen LogP contribution in [0.1, 0.15) is 35.4 Å². The summed E-state index contributed by atoms with van der Waals surface area (Å²) in [4.78, 5) is 34.5. The largest absolute Gasteiger partial charge is 0.383 e. The molecule has 0 spiro atoms. The van der Waals surface area contributed by atoms with Crippen molar-refractivity contribution in [2.75, 3.05) is 40.0 Å². The second-order valence-electron chi connectivity index (χ2n) is 6.02. The molecular weight excluding hydrogens is 324 g/mol. The number of aromatic nitrogens is 2. The summed E-state index contributed by atoms with van der Waals surface area (Å²) in [6.45, 7) is 4.22. The number of carbonyl (C=O) groups is 2. The minimum Gasteiger partial charge on any atom is -0.383 e. The molecular formula is C17H26N4O4. The third-order valence-electron chi connectivity index (χ3n) is 3.97. The Bertz CT molecular complexity index is 558. The summed E-state index contributed by atoms with van der Waals surface area (Å²) in [6.07, 6.45) is 5.19. The quantitative estimate of drug-likeness (QED) is 0.654. The van der Waals surface area contributed by atoms with Gasteiger partial charge >= 0.3 is 0 Å². The molecule has 1 aromatic heterocycles. The predicted molar refractivity (Wildman–Crippen MR) is 91.1 cm³/mol. The van der Waals surface area contributed by atoms with E-state index in [0.29, 0.717) is 32.8 Å². The van der Waals surface area contributed by atoms with E-state index in [1.165, 1.54) is 6.20 Å². The van der Waals surface area contributed by atoms with Crippen molar-refractivity contribution in [1.29, 1.82) is 0 Å². The molecule has 0 radical (unpaired) electrons. The molecule has 0 aromatic carbocycles. The van der Waals surface area contributed by atoms with Crippen LogP contribution in [-0.2, 0) is 14.3 Å². The third-order valence-corrected chi connectivity index (χ3v) is 3.97. The van der Waals surface area contributed by atoms with E-state index in [1.807, 2.05) is 6.92 Å². The first-order chi connectivity index (χ1) is 12.1. The summed E-state index contributed by atoms with van der Waals surface area (Å²) < 4.78 is 10.5. The van der Waals surface area contributed by atoms with Crippen molar-refractivity contribution < 1.29 is 19.1 Å². The molecule has 1 N–H and O–H groups in total. The highest BCUT2D eigenvalue weighted by molar-refractivity contribution is 5.92. The number of ether oxygens (including phenoxy) is 2. The Morgan fingerprint density at radius 2 is 2.24 bits per heavy atom. The zero-order chi connectivity index (χ0) is 18.1. The molecule has 2 heterocycles. The van der Waals surface area contributed by atoms with E-state index in [2.05, 4.69) is 15.3 Å². The second kappa shape index (κ2) is 10.0. The van der Waals surface area contributed by atoms with E-state index in [-0.39, 0.29) is 30.0 Å². The van der Waals surface area contributed by atoms with Crippen molar-refractivity contribution in [3.63, 3.8) is 0 Å². The van der Waals surface area contributed by atoms with Crippen molar-refractivity contribution in [1.82, 2.24) is 20.2 Å². The number of aryl methyl sites for hydroxylation is 1. The van der Waals surface area contributed by atoms with Gasteiger partial charge < -0.3 is 19.7 Å². The number of nitrogens with zero attached hydrogens (tertiary/aromatic N) is 3. The lowest BCUT2D eigenvalue weighted by Crippen LogP contribution is -2.40. The fourth-order valence-electron chi connectivity index (χ4n) is 2.59. The Hall–Kier alpha value is -2.06. The molecule has 1 atom stereocenters. The van der Waals surface area contributed by atoms with Gasteiger partial charge in [0.15, 0.2) is 0 Å². The van der Waals surface area contributed by atoms with Gasteiger partial charge in [0.1, 0.15) is 5.69 Å². The van der Waals surface area contributed by atoms with Crippen LogP contribution < -0.4 is 5.32 Å². The molecule has 1 aromatic rings. The van der Waals surface area contributed by atoms with Crippen LogP contribution in [0.5, 0.6) is 0 Å². The summed E-state index contributed by atoms with van der Waals surface area (Å²) in [7, 11) is 1.58. The first kappa shape index (κ1) is 19.3. The van der Waals surface area contributed by atoms with E-state index in [1.54, 1.807) is 18.2 Å². The Morgan fingerprint density at radius 3 is 2.88 bits per heavy atom. The van der Waals surface area contributed by atoms with Crippen molar-refractivity contribution in [2.24, 2.45) is 0 Å². The summed E-state index contributed by atoms with van der Waals surface area (Å²) in [5, 5.41) is 2.76. The van der Waals surface area contributed by atoms with Crippen LogP contribution in [0.4, 0.5) is 0 Å². The average Bonchev–Trinajstić information content (AvgIpc) is 3.12. The van der Waals surface area contributed by atoms with Gasteiger partial charge in [-0.15, -0.1) is 0 Å². The maximum atomic E-state index is 12.7. The molecule has 1 aliphatic heterocycles. The monoisotopic (exact) mass is 350 g/mol. The predicted octanol–water partition coefficient (Wildman–Crippen LogP) is 0.559. The normalized spacial score (nSPS) is 16.6. The van der Waals surface area contributed by atoms with Gasteiger partial charge in [0.25, 0.3) is 5.91 Å². The van der Waals surface area contributed by atoms with Gasteiger partial charge in [-0.1, -0.05) is 0 Å². The highest BCUT2D eigenvalue weighted by Gasteiger charge is 2.24. The van der Waals surface area contributed by atoms with Crippen molar-refractivity contribution in [2.45, 2.75) is 32.3 Å². The Morgan fingerprint density at radius 1 is 1.40 bits per heavy atom. The SMILES string of the molecule is COCCNC(=O)CCN(CC1CCCO1)C(=O)c1cnc(C)cn1. The minimum absolute atomic E-state index is 0.0129. The maximum Gasteiger partial charge on any atom is 0.274 e. The molecule has 1 fully saturated rings. The molecule has 8 heteroatoms. The molecule has 0 aliphatic carbocycles. The molecule has 1 unspecified atom stereocenters. The van der Waals surface area contributed by atoms with Crippen LogP contribution in [0.15, 0.2) is 12.4 Å². The number of hydrogen-bond donors (Lipinski definition) is 1. The number of rotatable bonds is 9. The van der Waals surface area contributed by atoms with Crippen LogP contribution in [0.25, 0.3) is 0 Å². The van der Waals surface area contributed by atoms with Crippen molar-refractivity contribution in [3.8, 4) is 0 Å². The molecule has 8 nitrogen and oxygen atoms in total. The zero-order valence-electron chi connectivity index (χ0n) is 14.9. The summed E-state index contributed by atoms with van der Waals surface area (Å²) in [6, 6.07) is 0. The Kier molecular flexibility index (Phi) is 7.75. The maximum absolute atomic E-state index is 12.7. The lowest BCUT2D eigenvalue weighted by atomic mass is 10.2. The number of nitrogens with one attached hydrogen (secondary N) is 1. The number of carbonyl (C=O) groups excluding carboxylic acids is 2. The van der Waals surface area contributed by atoms with E-state index in [9.17, 15) is 9.59 Å². The van der Waals surface area contributed by atoms with Crippen LogP contribution in [0.2, 0.25) is 0 Å². The second-order valence-corrected chi connectivity index (χ2v) is 6.02. The van der Waals surface area contributed by atoms with E-state index in [0.717, 1.165) is 18.5 Å². The molecule has 25 heavy (non-hydrogen) atoms.